The highest BCUT2D eigenvalue weighted by Crippen LogP contribution is 2.26. The first kappa shape index (κ1) is 20.4. The summed E-state index contributed by atoms with van der Waals surface area (Å²) in [6, 6.07) is 5.87. The Morgan fingerprint density at radius 1 is 1.32 bits per heavy atom. The fraction of sp³-hybridized carbons (Fsp3) is 0.588. The number of nitrogens with zero attached hydrogens (tertiary/aromatic N) is 1. The molecule has 1 amide bonds. The molecule has 0 bridgehead atoms. The molecule has 6 nitrogen and oxygen atoms in total. The second-order valence-corrected chi connectivity index (χ2v) is 8.73. The highest BCUT2D eigenvalue weighted by atomic mass is 79.9. The molecule has 1 aromatic carbocycles. The van der Waals surface area contributed by atoms with Crippen molar-refractivity contribution < 1.29 is 17.9 Å². The van der Waals surface area contributed by atoms with Crippen molar-refractivity contribution in [1.29, 1.82) is 0 Å². The standard InChI is InChI=1S/C17H25BrN2O4S/c1-2-24-13-5-11-19-17(21)16-6-3-4-12-20(16)25(22,23)15-9-7-14(18)8-10-15/h7-10,16H,2-6,11-13H2,1H3,(H,19,21)/t16-/m0/s1. The van der Waals surface area contributed by atoms with E-state index in [4.69, 9.17) is 4.74 Å². The van der Waals surface area contributed by atoms with Crippen LogP contribution in [0.5, 0.6) is 0 Å². The number of piperidine rings is 1. The molecular weight excluding hydrogens is 408 g/mol. The van der Waals surface area contributed by atoms with Gasteiger partial charge in [0.2, 0.25) is 15.9 Å². The van der Waals surface area contributed by atoms with Gasteiger partial charge in [-0.3, -0.25) is 4.79 Å². The molecule has 140 valence electrons. The molecule has 0 unspecified atom stereocenters. The maximum Gasteiger partial charge on any atom is 0.243 e. The highest BCUT2D eigenvalue weighted by molar-refractivity contribution is 9.10. The van der Waals surface area contributed by atoms with Gasteiger partial charge in [0.05, 0.1) is 4.90 Å². The number of ether oxygens (including phenoxy) is 1. The Bertz CT molecular complexity index is 664. The van der Waals surface area contributed by atoms with Crippen LogP contribution in [-0.4, -0.2) is 51.0 Å². The Morgan fingerprint density at radius 3 is 2.72 bits per heavy atom. The predicted molar refractivity (Wildman–Crippen MR) is 99.8 cm³/mol. The molecule has 1 fully saturated rings. The van der Waals surface area contributed by atoms with Gasteiger partial charge in [0, 0.05) is 30.8 Å². The Hall–Kier alpha value is -0.960. The molecule has 0 radical (unpaired) electrons. The number of hydrogen-bond donors (Lipinski definition) is 1. The van der Waals surface area contributed by atoms with Crippen LogP contribution in [0.3, 0.4) is 0 Å². The van der Waals surface area contributed by atoms with Crippen LogP contribution < -0.4 is 5.32 Å². The van der Waals surface area contributed by atoms with Gasteiger partial charge in [-0.05, 0) is 50.5 Å². The third-order valence-corrected chi connectivity index (χ3v) is 6.60. The average Bonchev–Trinajstić information content (AvgIpc) is 2.62. The minimum Gasteiger partial charge on any atom is -0.382 e. The van der Waals surface area contributed by atoms with E-state index in [-0.39, 0.29) is 10.8 Å². The summed E-state index contributed by atoms with van der Waals surface area (Å²) >= 11 is 3.31. The van der Waals surface area contributed by atoms with Gasteiger partial charge in [0.15, 0.2) is 0 Å². The molecule has 0 saturated carbocycles. The molecule has 1 aromatic rings. The van der Waals surface area contributed by atoms with Gasteiger partial charge in [0.25, 0.3) is 0 Å². The van der Waals surface area contributed by atoms with Gasteiger partial charge in [-0.25, -0.2) is 8.42 Å². The van der Waals surface area contributed by atoms with Crippen LogP contribution in [0.2, 0.25) is 0 Å². The van der Waals surface area contributed by atoms with Gasteiger partial charge in [-0.15, -0.1) is 0 Å². The van der Waals surface area contributed by atoms with E-state index in [2.05, 4.69) is 21.2 Å². The molecule has 1 aliphatic heterocycles. The quantitative estimate of drug-likeness (QED) is 0.640. The summed E-state index contributed by atoms with van der Waals surface area (Å²) in [5.41, 5.74) is 0. The molecular formula is C17H25BrN2O4S. The smallest absolute Gasteiger partial charge is 0.243 e. The predicted octanol–water partition coefficient (Wildman–Crippen LogP) is 2.54. The van der Waals surface area contributed by atoms with E-state index in [0.717, 1.165) is 17.3 Å². The van der Waals surface area contributed by atoms with Crippen molar-refractivity contribution >= 4 is 31.9 Å². The van der Waals surface area contributed by atoms with Gasteiger partial charge in [-0.2, -0.15) is 4.31 Å². The van der Waals surface area contributed by atoms with Crippen LogP contribution in [0, 0.1) is 0 Å². The number of sulfonamides is 1. The highest BCUT2D eigenvalue weighted by Gasteiger charge is 2.37. The molecule has 1 aliphatic rings. The van der Waals surface area contributed by atoms with E-state index < -0.39 is 16.1 Å². The first-order valence-corrected chi connectivity index (χ1v) is 10.8. The molecule has 0 aliphatic carbocycles. The zero-order chi connectivity index (χ0) is 18.3. The van der Waals surface area contributed by atoms with Crippen molar-refractivity contribution in [1.82, 2.24) is 9.62 Å². The summed E-state index contributed by atoms with van der Waals surface area (Å²) in [5.74, 6) is -0.225. The lowest BCUT2D eigenvalue weighted by Crippen LogP contribution is -2.51. The maximum atomic E-state index is 12.9. The molecule has 1 atom stereocenters. The number of nitrogens with one attached hydrogen (secondary N) is 1. The summed E-state index contributed by atoms with van der Waals surface area (Å²) in [6.07, 6.45) is 2.88. The van der Waals surface area contributed by atoms with Gasteiger partial charge in [0.1, 0.15) is 6.04 Å². The minimum absolute atomic E-state index is 0.215. The Kier molecular flexibility index (Phi) is 7.86. The zero-order valence-electron chi connectivity index (χ0n) is 14.4. The largest absolute Gasteiger partial charge is 0.382 e. The summed E-state index contributed by atoms with van der Waals surface area (Å²) in [4.78, 5) is 12.7. The molecule has 1 N–H and O–H groups in total. The summed E-state index contributed by atoms with van der Waals surface area (Å²) in [5, 5.41) is 2.84. The zero-order valence-corrected chi connectivity index (χ0v) is 16.8. The first-order chi connectivity index (χ1) is 12.0. The number of carbonyl (C=O) groups is 1. The van der Waals surface area contributed by atoms with E-state index in [1.807, 2.05) is 6.92 Å². The molecule has 25 heavy (non-hydrogen) atoms. The van der Waals surface area contributed by atoms with Crippen LogP contribution in [0.15, 0.2) is 33.6 Å². The van der Waals surface area contributed by atoms with Gasteiger partial charge in [-0.1, -0.05) is 22.4 Å². The topological polar surface area (TPSA) is 75.7 Å². The van der Waals surface area contributed by atoms with Crippen LogP contribution in [0.4, 0.5) is 0 Å². The molecule has 0 aromatic heterocycles. The van der Waals surface area contributed by atoms with Crippen LogP contribution >= 0.6 is 15.9 Å². The molecule has 8 heteroatoms. The third-order valence-electron chi connectivity index (χ3n) is 4.15. The molecule has 1 heterocycles. The number of rotatable bonds is 8. The van der Waals surface area contributed by atoms with Crippen LogP contribution in [0.1, 0.15) is 32.6 Å². The molecule has 0 spiro atoms. The average molecular weight is 433 g/mol. The van der Waals surface area contributed by atoms with Crippen LogP contribution in [-0.2, 0) is 19.6 Å². The lowest BCUT2D eigenvalue weighted by molar-refractivity contribution is -0.125. The fourth-order valence-electron chi connectivity index (χ4n) is 2.84. The lowest BCUT2D eigenvalue weighted by atomic mass is 10.0. The van der Waals surface area contributed by atoms with Crippen molar-refractivity contribution in [2.45, 2.75) is 43.5 Å². The van der Waals surface area contributed by atoms with Crippen molar-refractivity contribution in [3.05, 3.63) is 28.7 Å². The maximum absolute atomic E-state index is 12.9. The van der Waals surface area contributed by atoms with Crippen molar-refractivity contribution in [2.75, 3.05) is 26.3 Å². The monoisotopic (exact) mass is 432 g/mol. The number of hydrogen-bond acceptors (Lipinski definition) is 4. The number of amides is 1. The Morgan fingerprint density at radius 2 is 2.04 bits per heavy atom. The van der Waals surface area contributed by atoms with E-state index in [0.29, 0.717) is 39.1 Å². The third kappa shape index (κ3) is 5.51. The fourth-order valence-corrected chi connectivity index (χ4v) is 4.77. The SMILES string of the molecule is CCOCCCNC(=O)[C@@H]1CCCCN1S(=O)(=O)c1ccc(Br)cc1. The number of carbonyl (C=O) groups excluding carboxylic acids is 1. The normalized spacial score (nSPS) is 18.9. The van der Waals surface area contributed by atoms with E-state index in [9.17, 15) is 13.2 Å². The summed E-state index contributed by atoms with van der Waals surface area (Å²) in [7, 11) is -3.69. The van der Waals surface area contributed by atoms with Crippen molar-refractivity contribution in [3.8, 4) is 0 Å². The van der Waals surface area contributed by atoms with E-state index in [1.54, 1.807) is 24.3 Å². The lowest BCUT2D eigenvalue weighted by Gasteiger charge is -2.33. The van der Waals surface area contributed by atoms with Gasteiger partial charge < -0.3 is 10.1 Å². The first-order valence-electron chi connectivity index (χ1n) is 8.59. The summed E-state index contributed by atoms with van der Waals surface area (Å²) in [6.45, 7) is 4.01. The minimum atomic E-state index is -3.69. The van der Waals surface area contributed by atoms with Gasteiger partial charge >= 0.3 is 0 Å². The second-order valence-electron chi connectivity index (χ2n) is 5.92. The summed E-state index contributed by atoms with van der Waals surface area (Å²) < 4.78 is 33.3. The molecule has 1 saturated heterocycles. The van der Waals surface area contributed by atoms with Crippen LogP contribution in [0.25, 0.3) is 0 Å². The van der Waals surface area contributed by atoms with E-state index >= 15 is 0 Å². The number of halogens is 1. The Balaban J connectivity index is 2.06. The molecule has 2 rings (SSSR count). The van der Waals surface area contributed by atoms with Crippen molar-refractivity contribution in [3.63, 3.8) is 0 Å². The second kappa shape index (κ2) is 9.66. The van der Waals surface area contributed by atoms with Crippen molar-refractivity contribution in [2.24, 2.45) is 0 Å². The number of benzene rings is 1. The van der Waals surface area contributed by atoms with E-state index in [1.165, 1.54) is 4.31 Å². The Labute approximate surface area is 158 Å².